The second-order valence-electron chi connectivity index (χ2n) is 7.69. The van der Waals surface area contributed by atoms with Crippen LogP contribution in [0.5, 0.6) is 11.5 Å². The number of carbonyl (C=O) groups excluding carboxylic acids is 3. The number of hydrogen-bond acceptors (Lipinski definition) is 7. The molecule has 0 radical (unpaired) electrons. The van der Waals surface area contributed by atoms with Crippen LogP contribution < -0.4 is 14.8 Å². The molecule has 2 aromatic rings. The van der Waals surface area contributed by atoms with Gasteiger partial charge in [0.1, 0.15) is 17.2 Å². The van der Waals surface area contributed by atoms with Crippen LogP contribution in [0.25, 0.3) is 0 Å². The summed E-state index contributed by atoms with van der Waals surface area (Å²) in [5, 5.41) is 4.66. The first-order chi connectivity index (χ1) is 15.9. The smallest absolute Gasteiger partial charge is 0.273 e. The fraction of sp³-hybridized carbons (Fsp3) is 0.478. The first-order valence-electron chi connectivity index (χ1n) is 11.0. The van der Waals surface area contributed by atoms with Crippen LogP contribution in [0.3, 0.4) is 0 Å². The number of thiazole rings is 1. The molecule has 33 heavy (non-hydrogen) atoms. The van der Waals surface area contributed by atoms with Crippen molar-refractivity contribution < 1.29 is 23.9 Å². The Labute approximate surface area is 197 Å². The number of nitrogens with one attached hydrogen (secondary N) is 1. The molecule has 1 saturated heterocycles. The van der Waals surface area contributed by atoms with E-state index in [2.05, 4.69) is 10.3 Å². The third-order valence-corrected chi connectivity index (χ3v) is 6.45. The van der Waals surface area contributed by atoms with Gasteiger partial charge in [-0.25, -0.2) is 4.98 Å². The lowest BCUT2D eigenvalue weighted by Crippen LogP contribution is -2.46. The van der Waals surface area contributed by atoms with Crippen LogP contribution in [-0.2, 0) is 4.79 Å². The van der Waals surface area contributed by atoms with E-state index in [1.807, 2.05) is 18.7 Å². The summed E-state index contributed by atoms with van der Waals surface area (Å²) in [7, 11) is 3.02. The van der Waals surface area contributed by atoms with Crippen LogP contribution in [0.15, 0.2) is 23.6 Å². The zero-order valence-electron chi connectivity index (χ0n) is 19.4. The minimum absolute atomic E-state index is 0.0949. The molecule has 178 valence electrons. The number of nitrogens with zero attached hydrogens (tertiary/aromatic N) is 3. The molecular formula is C23H30N4O5S. The van der Waals surface area contributed by atoms with Gasteiger partial charge < -0.3 is 19.3 Å². The second kappa shape index (κ2) is 11.1. The molecule has 3 amide bonds. The highest BCUT2D eigenvalue weighted by atomic mass is 32.1. The van der Waals surface area contributed by atoms with Gasteiger partial charge in [0.2, 0.25) is 5.91 Å². The zero-order chi connectivity index (χ0) is 24.0. The third-order valence-electron chi connectivity index (χ3n) is 5.69. The Hall–Kier alpha value is -3.14. The quantitative estimate of drug-likeness (QED) is 0.631. The third kappa shape index (κ3) is 5.81. The van der Waals surface area contributed by atoms with E-state index in [0.717, 1.165) is 12.8 Å². The van der Waals surface area contributed by atoms with Gasteiger partial charge in [-0.05, 0) is 38.8 Å². The van der Waals surface area contributed by atoms with Crippen molar-refractivity contribution in [2.24, 2.45) is 5.92 Å². The average Bonchev–Trinajstić information content (AvgIpc) is 3.32. The topological polar surface area (TPSA) is 101 Å². The van der Waals surface area contributed by atoms with Crippen LogP contribution in [-0.4, -0.2) is 72.9 Å². The van der Waals surface area contributed by atoms with Crippen LogP contribution in [0.1, 0.15) is 47.5 Å². The van der Waals surface area contributed by atoms with E-state index in [1.165, 1.54) is 25.6 Å². The maximum Gasteiger partial charge on any atom is 0.273 e. The number of ether oxygens (including phenoxy) is 2. The summed E-state index contributed by atoms with van der Waals surface area (Å²) in [6.45, 7) is 6.21. The normalized spacial score (nSPS) is 15.6. The number of anilines is 1. The fourth-order valence-corrected chi connectivity index (χ4v) is 4.54. The van der Waals surface area contributed by atoms with Gasteiger partial charge >= 0.3 is 0 Å². The number of likely N-dealkylation sites (tertiary alicyclic amines) is 1. The van der Waals surface area contributed by atoms with Crippen molar-refractivity contribution in [2.45, 2.75) is 26.7 Å². The first kappa shape index (κ1) is 24.5. The molecule has 2 heterocycles. The predicted molar refractivity (Wildman–Crippen MR) is 126 cm³/mol. The molecule has 0 unspecified atom stereocenters. The van der Waals surface area contributed by atoms with E-state index in [1.54, 1.807) is 28.5 Å². The van der Waals surface area contributed by atoms with Gasteiger partial charge in [0.05, 0.1) is 20.1 Å². The van der Waals surface area contributed by atoms with E-state index in [4.69, 9.17) is 9.47 Å². The van der Waals surface area contributed by atoms with Crippen molar-refractivity contribution in [3.05, 3.63) is 34.8 Å². The Morgan fingerprint density at radius 2 is 1.82 bits per heavy atom. The number of piperidine rings is 1. The number of methoxy groups -OCH3 is 2. The molecule has 1 fully saturated rings. The minimum atomic E-state index is -0.386. The molecule has 1 atom stereocenters. The Morgan fingerprint density at radius 3 is 2.42 bits per heavy atom. The van der Waals surface area contributed by atoms with Crippen molar-refractivity contribution in [1.82, 2.24) is 14.8 Å². The number of aromatic nitrogens is 1. The molecule has 0 saturated carbocycles. The maximum atomic E-state index is 13.0. The largest absolute Gasteiger partial charge is 0.497 e. The van der Waals surface area contributed by atoms with Gasteiger partial charge in [0, 0.05) is 43.2 Å². The van der Waals surface area contributed by atoms with Crippen molar-refractivity contribution >= 4 is 34.2 Å². The number of amides is 3. The van der Waals surface area contributed by atoms with Gasteiger partial charge in [0.25, 0.3) is 11.8 Å². The highest BCUT2D eigenvalue weighted by Crippen LogP contribution is 2.25. The molecular weight excluding hydrogens is 444 g/mol. The minimum Gasteiger partial charge on any atom is -0.497 e. The predicted octanol–water partition coefficient (Wildman–Crippen LogP) is 3.13. The number of carbonyl (C=O) groups is 3. The van der Waals surface area contributed by atoms with Gasteiger partial charge in [0.15, 0.2) is 5.13 Å². The summed E-state index contributed by atoms with van der Waals surface area (Å²) in [5.41, 5.74) is 0.609. The Bertz CT molecular complexity index is 982. The number of benzene rings is 1. The molecule has 0 bridgehead atoms. The van der Waals surface area contributed by atoms with E-state index in [-0.39, 0.29) is 29.3 Å². The second-order valence-corrected chi connectivity index (χ2v) is 8.55. The highest BCUT2D eigenvalue weighted by molar-refractivity contribution is 7.14. The fourth-order valence-electron chi connectivity index (χ4n) is 3.86. The van der Waals surface area contributed by atoms with Crippen molar-refractivity contribution in [1.29, 1.82) is 0 Å². The molecule has 1 aliphatic heterocycles. The van der Waals surface area contributed by atoms with E-state index in [0.29, 0.717) is 48.4 Å². The highest BCUT2D eigenvalue weighted by Gasteiger charge is 2.31. The van der Waals surface area contributed by atoms with Gasteiger partial charge in [-0.15, -0.1) is 11.3 Å². The van der Waals surface area contributed by atoms with Gasteiger partial charge in [-0.2, -0.15) is 0 Å². The maximum absolute atomic E-state index is 13.0. The van der Waals surface area contributed by atoms with Crippen LogP contribution >= 0.6 is 11.3 Å². The summed E-state index contributed by atoms with van der Waals surface area (Å²) < 4.78 is 10.4. The SMILES string of the molecule is CCN(CC)C(=O)[C@@H]1CCCN(C(=O)c2csc(NC(=O)c3cc(OC)cc(OC)c3)n2)C1. The lowest BCUT2D eigenvalue weighted by molar-refractivity contribution is -0.136. The van der Waals surface area contributed by atoms with E-state index in [9.17, 15) is 14.4 Å². The molecule has 1 aliphatic rings. The van der Waals surface area contributed by atoms with Crippen molar-refractivity contribution in [3.63, 3.8) is 0 Å². The van der Waals surface area contributed by atoms with Gasteiger partial charge in [-0.3, -0.25) is 19.7 Å². The monoisotopic (exact) mass is 474 g/mol. The van der Waals surface area contributed by atoms with Crippen LogP contribution in [0, 0.1) is 5.92 Å². The average molecular weight is 475 g/mol. The molecule has 1 aromatic carbocycles. The molecule has 0 spiro atoms. The van der Waals surface area contributed by atoms with Gasteiger partial charge in [-0.1, -0.05) is 0 Å². The van der Waals surface area contributed by atoms with Crippen molar-refractivity contribution in [2.75, 3.05) is 45.7 Å². The summed E-state index contributed by atoms with van der Waals surface area (Å²) >= 11 is 1.18. The summed E-state index contributed by atoms with van der Waals surface area (Å²) in [4.78, 5) is 46.2. The number of hydrogen-bond donors (Lipinski definition) is 1. The summed E-state index contributed by atoms with van der Waals surface area (Å²) in [5.74, 6) is 0.276. The Morgan fingerprint density at radius 1 is 1.15 bits per heavy atom. The summed E-state index contributed by atoms with van der Waals surface area (Å²) in [6, 6.07) is 4.87. The summed E-state index contributed by atoms with van der Waals surface area (Å²) in [6.07, 6.45) is 1.55. The Kier molecular flexibility index (Phi) is 8.26. The zero-order valence-corrected chi connectivity index (χ0v) is 20.2. The molecule has 0 aliphatic carbocycles. The lowest BCUT2D eigenvalue weighted by atomic mass is 9.96. The molecule has 1 N–H and O–H groups in total. The molecule has 1 aromatic heterocycles. The lowest BCUT2D eigenvalue weighted by Gasteiger charge is -2.34. The first-order valence-corrected chi connectivity index (χ1v) is 11.9. The van der Waals surface area contributed by atoms with E-state index < -0.39 is 0 Å². The molecule has 3 rings (SSSR count). The Balaban J connectivity index is 1.67. The molecule has 10 heteroatoms. The van der Waals surface area contributed by atoms with E-state index >= 15 is 0 Å². The number of rotatable bonds is 8. The molecule has 9 nitrogen and oxygen atoms in total. The van der Waals surface area contributed by atoms with Crippen LogP contribution in [0.2, 0.25) is 0 Å². The van der Waals surface area contributed by atoms with Crippen molar-refractivity contribution in [3.8, 4) is 11.5 Å². The van der Waals surface area contributed by atoms with Crippen LogP contribution in [0.4, 0.5) is 5.13 Å². The standard InChI is InChI=1S/C23H30N4O5S/c1-5-26(6-2)21(29)15-8-7-9-27(13-15)22(30)19-14-33-23(24-19)25-20(28)16-10-17(31-3)12-18(11-16)32-4/h10-12,14-15H,5-9,13H2,1-4H3,(H,24,25,28)/t15-/m1/s1.